The zero-order valence-corrected chi connectivity index (χ0v) is 8.05. The topological polar surface area (TPSA) is 49.3 Å². The van der Waals surface area contributed by atoms with E-state index in [4.69, 9.17) is 0 Å². The third-order valence-corrected chi connectivity index (χ3v) is 3.31. The van der Waals surface area contributed by atoms with Crippen LogP contribution in [0.25, 0.3) is 0 Å². The lowest BCUT2D eigenvalue weighted by molar-refractivity contribution is -0.150. The molecule has 2 rings (SSSR count). The molecule has 2 aliphatic carbocycles. The summed E-state index contributed by atoms with van der Waals surface area (Å²) >= 11 is 0. The summed E-state index contributed by atoms with van der Waals surface area (Å²) in [6, 6.07) is 0.326. The monoisotopic (exact) mass is 183 g/mol. The summed E-state index contributed by atoms with van der Waals surface area (Å²) < 4.78 is 0. The molecule has 0 aliphatic heterocycles. The molecule has 0 aromatic carbocycles. The molecule has 0 aromatic rings. The second kappa shape index (κ2) is 2.98. The molecule has 2 aliphatic rings. The number of carbonyl (C=O) groups is 1. The van der Waals surface area contributed by atoms with Crippen LogP contribution in [0.4, 0.5) is 0 Å². The summed E-state index contributed by atoms with van der Waals surface area (Å²) in [5, 5.41) is 12.6. The fourth-order valence-corrected chi connectivity index (χ4v) is 2.08. The second-order valence-electron chi connectivity index (χ2n) is 4.63. The van der Waals surface area contributed by atoms with E-state index in [0.717, 1.165) is 25.2 Å². The highest BCUT2D eigenvalue weighted by Gasteiger charge is 2.43. The Balaban J connectivity index is 1.78. The summed E-state index contributed by atoms with van der Waals surface area (Å²) in [4.78, 5) is 11.5. The van der Waals surface area contributed by atoms with Gasteiger partial charge in [-0.1, -0.05) is 6.92 Å². The Kier molecular flexibility index (Phi) is 2.06. The molecule has 1 amide bonds. The summed E-state index contributed by atoms with van der Waals surface area (Å²) in [6.45, 7) is 2.18. The van der Waals surface area contributed by atoms with Crippen LogP contribution in [0, 0.1) is 5.92 Å². The van der Waals surface area contributed by atoms with Gasteiger partial charge < -0.3 is 10.4 Å². The van der Waals surface area contributed by atoms with E-state index in [1.807, 2.05) is 0 Å². The van der Waals surface area contributed by atoms with Gasteiger partial charge in [-0.25, -0.2) is 0 Å². The third kappa shape index (κ3) is 1.57. The molecule has 0 aromatic heterocycles. The average Bonchev–Trinajstić information content (AvgIpc) is 1.97. The van der Waals surface area contributed by atoms with Gasteiger partial charge in [0.2, 0.25) is 0 Å². The predicted molar refractivity (Wildman–Crippen MR) is 49.1 cm³/mol. The van der Waals surface area contributed by atoms with Crippen molar-refractivity contribution in [1.82, 2.24) is 5.32 Å². The van der Waals surface area contributed by atoms with Crippen molar-refractivity contribution in [2.75, 3.05) is 0 Å². The number of hydrogen-bond acceptors (Lipinski definition) is 2. The highest BCUT2D eigenvalue weighted by Crippen LogP contribution is 2.33. The zero-order valence-electron chi connectivity index (χ0n) is 8.05. The molecule has 3 nitrogen and oxygen atoms in total. The number of hydrogen-bond donors (Lipinski definition) is 2. The molecule has 13 heavy (non-hydrogen) atoms. The van der Waals surface area contributed by atoms with Crippen molar-refractivity contribution < 1.29 is 9.90 Å². The maximum atomic E-state index is 11.5. The van der Waals surface area contributed by atoms with E-state index in [1.54, 1.807) is 0 Å². The highest BCUT2D eigenvalue weighted by molar-refractivity contribution is 5.86. The zero-order chi connectivity index (χ0) is 9.47. The molecule has 0 atom stereocenters. The Morgan fingerprint density at radius 1 is 1.46 bits per heavy atom. The second-order valence-corrected chi connectivity index (χ2v) is 4.63. The van der Waals surface area contributed by atoms with Crippen LogP contribution in [0.3, 0.4) is 0 Å². The van der Waals surface area contributed by atoms with E-state index >= 15 is 0 Å². The van der Waals surface area contributed by atoms with Gasteiger partial charge in [0.15, 0.2) is 0 Å². The average molecular weight is 183 g/mol. The van der Waals surface area contributed by atoms with Gasteiger partial charge in [-0.2, -0.15) is 0 Å². The molecule has 0 heterocycles. The van der Waals surface area contributed by atoms with Crippen LogP contribution in [0.2, 0.25) is 0 Å². The normalized spacial score (nSPS) is 35.8. The Hall–Kier alpha value is -0.570. The fraction of sp³-hybridized carbons (Fsp3) is 0.900. The first-order valence-corrected chi connectivity index (χ1v) is 5.13. The van der Waals surface area contributed by atoms with Gasteiger partial charge in [-0.05, 0) is 38.0 Å². The molecule has 0 unspecified atom stereocenters. The van der Waals surface area contributed by atoms with Crippen LogP contribution in [0.5, 0.6) is 0 Å². The van der Waals surface area contributed by atoms with Gasteiger partial charge in [0.05, 0.1) is 0 Å². The summed E-state index contributed by atoms with van der Waals surface area (Å²) in [5.74, 6) is 0.594. The molecule has 2 saturated carbocycles. The van der Waals surface area contributed by atoms with E-state index in [9.17, 15) is 9.90 Å². The first-order valence-electron chi connectivity index (χ1n) is 5.13. The molecule has 0 bridgehead atoms. The Morgan fingerprint density at radius 3 is 2.46 bits per heavy atom. The lowest BCUT2D eigenvalue weighted by atomic mass is 9.77. The van der Waals surface area contributed by atoms with Crippen molar-refractivity contribution in [3.63, 3.8) is 0 Å². The van der Waals surface area contributed by atoms with Crippen molar-refractivity contribution in [2.24, 2.45) is 5.92 Å². The lowest BCUT2D eigenvalue weighted by Crippen LogP contribution is -2.56. The number of amides is 1. The first-order chi connectivity index (χ1) is 6.10. The molecular formula is C10H17NO2. The van der Waals surface area contributed by atoms with Crippen LogP contribution in [-0.4, -0.2) is 22.7 Å². The Morgan fingerprint density at radius 2 is 2.08 bits per heavy atom. The quantitative estimate of drug-likeness (QED) is 0.665. The molecule has 0 radical (unpaired) electrons. The van der Waals surface area contributed by atoms with Crippen LogP contribution < -0.4 is 5.32 Å². The summed E-state index contributed by atoms with van der Waals surface area (Å²) in [6.07, 6.45) is 4.40. The maximum absolute atomic E-state index is 11.5. The molecule has 0 saturated heterocycles. The molecule has 2 fully saturated rings. The van der Waals surface area contributed by atoms with Crippen molar-refractivity contribution in [3.05, 3.63) is 0 Å². The van der Waals surface area contributed by atoms with Gasteiger partial charge in [0.1, 0.15) is 5.60 Å². The lowest BCUT2D eigenvalue weighted by Gasteiger charge is -2.39. The number of rotatable bonds is 2. The smallest absolute Gasteiger partial charge is 0.252 e. The summed E-state index contributed by atoms with van der Waals surface area (Å²) in [7, 11) is 0. The first kappa shape index (κ1) is 9.00. The van der Waals surface area contributed by atoms with Crippen LogP contribution in [0.15, 0.2) is 0 Å². The number of carbonyl (C=O) groups excluding carboxylic acids is 1. The van der Waals surface area contributed by atoms with Gasteiger partial charge in [-0.3, -0.25) is 4.79 Å². The Bertz CT molecular complexity index is 217. The van der Waals surface area contributed by atoms with E-state index in [-0.39, 0.29) is 5.91 Å². The van der Waals surface area contributed by atoms with Gasteiger partial charge in [0, 0.05) is 6.04 Å². The molecule has 74 valence electrons. The maximum Gasteiger partial charge on any atom is 0.252 e. The molecule has 2 N–H and O–H groups in total. The number of nitrogens with one attached hydrogen (secondary N) is 1. The van der Waals surface area contributed by atoms with Crippen molar-refractivity contribution in [2.45, 2.75) is 50.7 Å². The minimum atomic E-state index is -1.02. The predicted octanol–water partition coefficient (Wildman–Crippen LogP) is 0.816. The highest BCUT2D eigenvalue weighted by atomic mass is 16.3. The van der Waals surface area contributed by atoms with Crippen molar-refractivity contribution in [3.8, 4) is 0 Å². The SMILES string of the molecule is CC1CC(NC(=O)C2(O)CCC2)C1. The minimum Gasteiger partial charge on any atom is -0.380 e. The Labute approximate surface area is 78.5 Å². The molecular weight excluding hydrogens is 166 g/mol. The molecule has 3 heteroatoms. The van der Waals surface area contributed by atoms with Crippen molar-refractivity contribution >= 4 is 5.91 Å². The summed E-state index contributed by atoms with van der Waals surface area (Å²) in [5.41, 5.74) is -1.02. The van der Waals surface area contributed by atoms with Crippen LogP contribution in [0.1, 0.15) is 39.0 Å². The molecule has 0 spiro atoms. The van der Waals surface area contributed by atoms with Crippen LogP contribution >= 0.6 is 0 Å². The van der Waals surface area contributed by atoms with Crippen molar-refractivity contribution in [1.29, 1.82) is 0 Å². The van der Waals surface area contributed by atoms with Gasteiger partial charge >= 0.3 is 0 Å². The number of aliphatic hydroxyl groups is 1. The third-order valence-electron chi connectivity index (χ3n) is 3.31. The fourth-order valence-electron chi connectivity index (χ4n) is 2.08. The van der Waals surface area contributed by atoms with E-state index in [2.05, 4.69) is 12.2 Å². The minimum absolute atomic E-state index is 0.143. The van der Waals surface area contributed by atoms with Gasteiger partial charge in [-0.15, -0.1) is 0 Å². The van der Waals surface area contributed by atoms with E-state index in [1.165, 1.54) is 0 Å². The largest absolute Gasteiger partial charge is 0.380 e. The van der Waals surface area contributed by atoms with Gasteiger partial charge in [0.25, 0.3) is 5.91 Å². The van der Waals surface area contributed by atoms with E-state index in [0.29, 0.717) is 18.9 Å². The van der Waals surface area contributed by atoms with Crippen LogP contribution in [-0.2, 0) is 4.79 Å². The van der Waals surface area contributed by atoms with E-state index < -0.39 is 5.60 Å². The standard InChI is InChI=1S/C10H17NO2/c1-7-5-8(6-7)11-9(12)10(13)3-2-4-10/h7-8,13H,2-6H2,1H3,(H,11,12).